The molecule has 2 aromatic heterocycles. The number of nitrogens with one attached hydrogen (secondary N) is 1. The van der Waals surface area contributed by atoms with E-state index in [0.29, 0.717) is 17.1 Å². The second-order valence-electron chi connectivity index (χ2n) is 6.36. The molecule has 0 fully saturated rings. The zero-order valence-electron chi connectivity index (χ0n) is 15.5. The van der Waals surface area contributed by atoms with Crippen LogP contribution in [0.4, 0.5) is 18.9 Å². The second-order valence-corrected chi connectivity index (χ2v) is 6.36. The Bertz CT molecular complexity index is 1180. The number of benzene rings is 2. The average Bonchev–Trinajstić information content (AvgIpc) is 3.38. The normalized spacial score (nSPS) is 11.5. The molecule has 30 heavy (non-hydrogen) atoms. The Morgan fingerprint density at radius 2 is 1.83 bits per heavy atom. The highest BCUT2D eigenvalue weighted by molar-refractivity contribution is 6.05. The summed E-state index contributed by atoms with van der Waals surface area (Å²) in [4.78, 5) is 12.6. The molecule has 0 aliphatic carbocycles. The summed E-state index contributed by atoms with van der Waals surface area (Å²) in [7, 11) is 0. The van der Waals surface area contributed by atoms with Gasteiger partial charge in [-0.25, -0.2) is 9.36 Å². The van der Waals surface area contributed by atoms with E-state index in [1.807, 2.05) is 0 Å². The number of nitrogens with zero attached hydrogens (tertiary/aromatic N) is 6. The molecular weight excluding hydrogens is 399 g/mol. The molecule has 0 saturated carbocycles. The molecule has 0 bridgehead atoms. The number of aromatic nitrogens is 6. The van der Waals surface area contributed by atoms with Crippen LogP contribution in [0, 0.1) is 6.92 Å². The summed E-state index contributed by atoms with van der Waals surface area (Å²) in [6.07, 6.45) is -1.70. The van der Waals surface area contributed by atoms with Crippen molar-refractivity contribution in [2.24, 2.45) is 0 Å². The van der Waals surface area contributed by atoms with E-state index in [-0.39, 0.29) is 11.3 Å². The largest absolute Gasteiger partial charge is 0.416 e. The van der Waals surface area contributed by atoms with Crippen LogP contribution in [-0.4, -0.2) is 35.9 Å². The number of amides is 1. The second kappa shape index (κ2) is 7.43. The molecule has 2 aromatic carbocycles. The highest BCUT2D eigenvalue weighted by Crippen LogP contribution is 2.30. The monoisotopic (exact) mass is 413 g/mol. The van der Waals surface area contributed by atoms with Crippen molar-refractivity contribution in [2.45, 2.75) is 13.1 Å². The van der Waals surface area contributed by atoms with E-state index >= 15 is 0 Å². The average molecular weight is 413 g/mol. The minimum Gasteiger partial charge on any atom is -0.322 e. The molecular formula is C19H14F3N7O. The van der Waals surface area contributed by atoms with Gasteiger partial charge in [0.05, 0.1) is 34.4 Å². The summed E-state index contributed by atoms with van der Waals surface area (Å²) >= 11 is 0. The van der Waals surface area contributed by atoms with E-state index in [4.69, 9.17) is 0 Å². The smallest absolute Gasteiger partial charge is 0.322 e. The van der Waals surface area contributed by atoms with Gasteiger partial charge in [0, 0.05) is 5.69 Å². The van der Waals surface area contributed by atoms with Crippen molar-refractivity contribution in [1.82, 2.24) is 30.0 Å². The minimum atomic E-state index is -4.47. The van der Waals surface area contributed by atoms with Crippen molar-refractivity contribution >= 4 is 11.6 Å². The van der Waals surface area contributed by atoms with Gasteiger partial charge in [-0.3, -0.25) is 4.79 Å². The Hall–Kier alpha value is -4.02. The third kappa shape index (κ3) is 3.77. The van der Waals surface area contributed by atoms with Crippen LogP contribution < -0.4 is 5.32 Å². The summed E-state index contributed by atoms with van der Waals surface area (Å²) in [5, 5.41) is 17.7. The summed E-state index contributed by atoms with van der Waals surface area (Å²) in [5.74, 6) is -0.430. The van der Waals surface area contributed by atoms with Crippen molar-refractivity contribution in [1.29, 1.82) is 0 Å². The molecule has 0 radical (unpaired) electrons. The molecule has 2 heterocycles. The molecule has 0 spiro atoms. The third-order valence-electron chi connectivity index (χ3n) is 4.41. The summed E-state index contributed by atoms with van der Waals surface area (Å²) in [5.41, 5.74) is 1.33. The maximum Gasteiger partial charge on any atom is 0.416 e. The first kappa shape index (κ1) is 19.3. The van der Waals surface area contributed by atoms with Gasteiger partial charge in [-0.2, -0.15) is 18.3 Å². The molecule has 0 unspecified atom stereocenters. The van der Waals surface area contributed by atoms with Gasteiger partial charge in [0.25, 0.3) is 5.91 Å². The number of hydrogen-bond donors (Lipinski definition) is 1. The topological polar surface area (TPSA) is 90.5 Å². The van der Waals surface area contributed by atoms with Crippen LogP contribution in [0.5, 0.6) is 0 Å². The van der Waals surface area contributed by atoms with Crippen molar-refractivity contribution in [3.63, 3.8) is 0 Å². The Labute approximate surface area is 167 Å². The summed E-state index contributed by atoms with van der Waals surface area (Å²) in [6, 6.07) is 11.6. The van der Waals surface area contributed by atoms with Gasteiger partial charge in [-0.15, -0.1) is 5.10 Å². The maximum absolute atomic E-state index is 13.0. The van der Waals surface area contributed by atoms with Gasteiger partial charge in [0.2, 0.25) is 0 Å². The molecule has 0 aliphatic heterocycles. The third-order valence-corrected chi connectivity index (χ3v) is 4.41. The standard InChI is InChI=1S/C19H14F3N7O/c1-12-17(10-24-29(12)16-4-2-3-13(9-16)19(20,21)22)18(30)25-14-5-7-15(8-6-14)28-11-23-26-27-28/h2-11H,1H3,(H,25,30). The van der Waals surface area contributed by atoms with Gasteiger partial charge >= 0.3 is 6.18 Å². The molecule has 0 atom stereocenters. The highest BCUT2D eigenvalue weighted by Gasteiger charge is 2.30. The number of hydrogen-bond acceptors (Lipinski definition) is 5. The number of alkyl halides is 3. The van der Waals surface area contributed by atoms with Gasteiger partial charge < -0.3 is 5.32 Å². The SMILES string of the molecule is Cc1c(C(=O)Nc2ccc(-n3cnnn3)cc2)cnn1-c1cccc(C(F)(F)F)c1. The number of rotatable bonds is 4. The Morgan fingerprint density at radius 1 is 1.07 bits per heavy atom. The predicted octanol–water partition coefficient (Wildman–Crippen LogP) is 3.43. The number of halogens is 3. The molecule has 4 aromatic rings. The first-order valence-electron chi connectivity index (χ1n) is 8.70. The number of carbonyl (C=O) groups is 1. The lowest BCUT2D eigenvalue weighted by molar-refractivity contribution is -0.137. The van der Waals surface area contributed by atoms with E-state index in [2.05, 4.69) is 25.9 Å². The Morgan fingerprint density at radius 3 is 2.50 bits per heavy atom. The van der Waals surface area contributed by atoms with Crippen molar-refractivity contribution < 1.29 is 18.0 Å². The highest BCUT2D eigenvalue weighted by atomic mass is 19.4. The molecule has 152 valence electrons. The van der Waals surface area contributed by atoms with Gasteiger partial charge in [0.15, 0.2) is 0 Å². The summed E-state index contributed by atoms with van der Waals surface area (Å²) in [6.45, 7) is 1.61. The Kier molecular flexibility index (Phi) is 4.78. The Balaban J connectivity index is 1.54. The zero-order chi connectivity index (χ0) is 21.3. The number of anilines is 1. The molecule has 11 heteroatoms. The fraction of sp³-hybridized carbons (Fsp3) is 0.105. The first-order valence-corrected chi connectivity index (χ1v) is 8.70. The van der Waals surface area contributed by atoms with Crippen LogP contribution >= 0.6 is 0 Å². The minimum absolute atomic E-state index is 0.215. The van der Waals surface area contributed by atoms with Crippen LogP contribution in [0.1, 0.15) is 21.6 Å². The summed E-state index contributed by atoms with van der Waals surface area (Å²) < 4.78 is 41.7. The fourth-order valence-corrected chi connectivity index (χ4v) is 2.88. The van der Waals surface area contributed by atoms with Crippen LogP contribution in [-0.2, 0) is 6.18 Å². The van der Waals surface area contributed by atoms with Crippen LogP contribution in [0.3, 0.4) is 0 Å². The van der Waals surface area contributed by atoms with Gasteiger partial charge in [-0.05, 0) is 59.8 Å². The number of carbonyl (C=O) groups excluding carboxylic acids is 1. The molecule has 8 nitrogen and oxygen atoms in total. The van der Waals surface area contributed by atoms with Crippen LogP contribution in [0.2, 0.25) is 0 Å². The van der Waals surface area contributed by atoms with Crippen molar-refractivity contribution in [3.8, 4) is 11.4 Å². The van der Waals surface area contributed by atoms with E-state index in [1.54, 1.807) is 31.2 Å². The predicted molar refractivity (Wildman–Crippen MR) is 100 cm³/mol. The van der Waals surface area contributed by atoms with E-state index in [9.17, 15) is 18.0 Å². The van der Waals surface area contributed by atoms with Crippen LogP contribution in [0.15, 0.2) is 61.1 Å². The molecule has 4 rings (SSSR count). The van der Waals surface area contributed by atoms with E-state index < -0.39 is 17.6 Å². The van der Waals surface area contributed by atoms with E-state index in [1.165, 1.54) is 34.0 Å². The lowest BCUT2D eigenvalue weighted by Crippen LogP contribution is -2.13. The quantitative estimate of drug-likeness (QED) is 0.554. The fourth-order valence-electron chi connectivity index (χ4n) is 2.88. The first-order chi connectivity index (χ1) is 14.3. The number of tetrazole rings is 1. The molecule has 1 N–H and O–H groups in total. The van der Waals surface area contributed by atoms with Crippen molar-refractivity contribution in [2.75, 3.05) is 5.32 Å². The molecule has 0 aliphatic rings. The zero-order valence-corrected chi connectivity index (χ0v) is 15.5. The van der Waals surface area contributed by atoms with Crippen molar-refractivity contribution in [3.05, 3.63) is 77.9 Å². The van der Waals surface area contributed by atoms with Crippen LogP contribution in [0.25, 0.3) is 11.4 Å². The van der Waals surface area contributed by atoms with Gasteiger partial charge in [0.1, 0.15) is 6.33 Å². The lowest BCUT2D eigenvalue weighted by Gasteiger charge is -2.10. The maximum atomic E-state index is 13.0. The lowest BCUT2D eigenvalue weighted by atomic mass is 10.2. The molecule has 1 amide bonds. The molecule has 0 saturated heterocycles. The van der Waals surface area contributed by atoms with Gasteiger partial charge in [-0.1, -0.05) is 6.07 Å². The van der Waals surface area contributed by atoms with E-state index in [0.717, 1.165) is 12.1 Å².